The van der Waals surface area contributed by atoms with E-state index < -0.39 is 52.7 Å². The number of hydrogen-bond donors (Lipinski definition) is 2. The minimum atomic E-state index is -3.80. The van der Waals surface area contributed by atoms with Crippen LogP contribution in [0, 0.1) is 28.1 Å². The third-order valence-corrected chi connectivity index (χ3v) is 11.7. The number of Topliss-reactive ketones (excluding diaryl/α,β-unsaturated/α-hetero) is 1. The topological polar surface area (TPSA) is 143 Å². The molecule has 2 saturated carbocycles. The molecule has 0 unspecified atom stereocenters. The molecule has 0 amide bonds. The molecule has 236 valence electrons. The van der Waals surface area contributed by atoms with E-state index in [9.17, 15) is 28.1 Å². The van der Waals surface area contributed by atoms with Crippen molar-refractivity contribution in [1.82, 2.24) is 4.33 Å². The Morgan fingerprint density at radius 3 is 2.60 bits per heavy atom. The number of hydrazone groups is 1. The molecule has 2 aliphatic carbocycles. The lowest BCUT2D eigenvalue weighted by Gasteiger charge is -2.60. The van der Waals surface area contributed by atoms with Gasteiger partial charge in [-0.05, 0) is 79.4 Å². The van der Waals surface area contributed by atoms with E-state index in [0.717, 1.165) is 25.5 Å². The minimum Gasteiger partial charge on any atom is -0.482 e. The van der Waals surface area contributed by atoms with Gasteiger partial charge in [-0.2, -0.15) is 5.10 Å². The molecule has 0 saturated heterocycles. The van der Waals surface area contributed by atoms with Crippen LogP contribution in [0.15, 0.2) is 36.0 Å². The molecule has 12 heteroatoms. The first-order chi connectivity index (χ1) is 20.0. The summed E-state index contributed by atoms with van der Waals surface area (Å²) in [6.45, 7) is 13.6. The van der Waals surface area contributed by atoms with Crippen LogP contribution in [-0.4, -0.2) is 73.0 Å². The SMILES string of the molecule is C=C[C@]1(C)C[C@@H](OC(=O)COc2ccc3c(c2)B(O)N(S(C)(=O)=O)N=C3)[C@@]2(C)C[C@](CCC(C)=O)(CC[C@H]2C)[C@@H](C)[C@@H]1O. The van der Waals surface area contributed by atoms with Gasteiger partial charge < -0.3 is 24.4 Å². The van der Waals surface area contributed by atoms with E-state index in [1.54, 1.807) is 25.1 Å². The molecular weight excluding hydrogens is 571 g/mol. The van der Waals surface area contributed by atoms with Gasteiger partial charge in [0.05, 0.1) is 18.6 Å². The first kappa shape index (κ1) is 33.2. The van der Waals surface area contributed by atoms with Crippen molar-refractivity contribution in [2.24, 2.45) is 33.2 Å². The van der Waals surface area contributed by atoms with Crippen molar-refractivity contribution in [2.45, 2.75) is 85.4 Å². The zero-order valence-corrected chi connectivity index (χ0v) is 26.9. The summed E-state index contributed by atoms with van der Waals surface area (Å²) in [6, 6.07) is 4.71. The van der Waals surface area contributed by atoms with Crippen LogP contribution in [0.5, 0.6) is 5.75 Å². The quantitative estimate of drug-likeness (QED) is 0.245. The largest absolute Gasteiger partial charge is 0.484 e. The summed E-state index contributed by atoms with van der Waals surface area (Å²) in [4.78, 5) is 25.4. The standard InChI is InChI=1S/C31H45BN2O8S/c1-8-29(5)16-26(30(6)19-31(13-11-20(30)2,14-12-21(3)35)22(4)28(29)37)42-27(36)18-41-24-10-9-23-17-33-34(43(7,39)40)32(38)25(23)15-24/h8-10,15,17,20,22,26,28,37-38H,1,11-14,16,18-19H2,2-7H3/t20-,22+,26-,28+,29-,30+,31-/m1/s1. The van der Waals surface area contributed by atoms with E-state index in [1.807, 2.05) is 6.92 Å². The Morgan fingerprint density at radius 1 is 1.28 bits per heavy atom. The third-order valence-electron chi connectivity index (χ3n) is 10.7. The van der Waals surface area contributed by atoms with Gasteiger partial charge in [-0.25, -0.2) is 17.5 Å². The molecule has 0 radical (unpaired) electrons. The Hall–Kier alpha value is -2.70. The van der Waals surface area contributed by atoms with Crippen molar-refractivity contribution in [2.75, 3.05) is 12.9 Å². The van der Waals surface area contributed by atoms with Crippen molar-refractivity contribution < 1.29 is 37.6 Å². The monoisotopic (exact) mass is 616 g/mol. The number of ether oxygens (including phenoxy) is 2. The van der Waals surface area contributed by atoms with E-state index in [-0.39, 0.29) is 34.2 Å². The summed E-state index contributed by atoms with van der Waals surface area (Å²) in [5.74, 6) is -0.0437. The van der Waals surface area contributed by atoms with Crippen molar-refractivity contribution >= 4 is 40.5 Å². The summed E-state index contributed by atoms with van der Waals surface area (Å²) in [7, 11) is -5.32. The Balaban J connectivity index is 1.56. The van der Waals surface area contributed by atoms with E-state index in [1.165, 1.54) is 12.3 Å². The van der Waals surface area contributed by atoms with Gasteiger partial charge in [-0.15, -0.1) is 6.58 Å². The molecule has 2 bridgehead atoms. The molecule has 3 aliphatic rings. The number of sulfonamides is 1. The summed E-state index contributed by atoms with van der Waals surface area (Å²) in [5.41, 5.74) is -0.617. The molecule has 0 aromatic heterocycles. The van der Waals surface area contributed by atoms with Crippen molar-refractivity contribution in [3.05, 3.63) is 36.4 Å². The van der Waals surface area contributed by atoms with Gasteiger partial charge in [-0.3, -0.25) is 0 Å². The van der Waals surface area contributed by atoms with Crippen molar-refractivity contribution in [3.63, 3.8) is 0 Å². The number of benzene rings is 1. The normalized spacial score (nSPS) is 34.0. The molecule has 10 nitrogen and oxygen atoms in total. The number of rotatable bonds is 9. The predicted octanol–water partition coefficient (Wildman–Crippen LogP) is 3.05. The Morgan fingerprint density at radius 2 is 1.98 bits per heavy atom. The first-order valence-corrected chi connectivity index (χ1v) is 16.8. The number of aliphatic hydroxyl groups is 1. The molecule has 2 N–H and O–H groups in total. The summed E-state index contributed by atoms with van der Waals surface area (Å²) >= 11 is 0. The highest BCUT2D eigenvalue weighted by atomic mass is 32.2. The van der Waals surface area contributed by atoms with Crippen LogP contribution in [0.2, 0.25) is 0 Å². The molecule has 43 heavy (non-hydrogen) atoms. The minimum absolute atomic E-state index is 0.0790. The van der Waals surface area contributed by atoms with E-state index in [2.05, 4.69) is 32.5 Å². The Labute approximate surface area is 255 Å². The average Bonchev–Trinajstić information content (AvgIpc) is 2.94. The molecule has 0 spiro atoms. The maximum Gasteiger partial charge on any atom is 0.484 e. The molecule has 1 heterocycles. The number of carbonyl (C=O) groups is 2. The van der Waals surface area contributed by atoms with Gasteiger partial charge in [0.25, 0.3) is 0 Å². The number of hydrogen-bond acceptors (Lipinski definition) is 9. The summed E-state index contributed by atoms with van der Waals surface area (Å²) in [6.07, 6.45) is 6.79. The lowest BCUT2D eigenvalue weighted by atomic mass is 9.47. The maximum absolute atomic E-state index is 13.3. The van der Waals surface area contributed by atoms with Gasteiger partial charge >= 0.3 is 13.0 Å². The van der Waals surface area contributed by atoms with Gasteiger partial charge in [0.15, 0.2) is 6.61 Å². The lowest BCUT2D eigenvalue weighted by molar-refractivity contribution is -0.190. The number of carbonyl (C=O) groups excluding carboxylic acids is 2. The fraction of sp³-hybridized carbons (Fsp3) is 0.645. The fourth-order valence-electron chi connectivity index (χ4n) is 7.47. The van der Waals surface area contributed by atoms with E-state index >= 15 is 0 Å². The average molecular weight is 617 g/mol. The smallest absolute Gasteiger partial charge is 0.482 e. The van der Waals surface area contributed by atoms with Gasteiger partial charge in [0.2, 0.25) is 10.0 Å². The van der Waals surface area contributed by atoms with Crippen molar-refractivity contribution in [3.8, 4) is 5.75 Å². The van der Waals surface area contributed by atoms with E-state index in [4.69, 9.17) is 9.47 Å². The highest BCUT2D eigenvalue weighted by Gasteiger charge is 2.58. The lowest BCUT2D eigenvalue weighted by Crippen LogP contribution is -2.58. The molecule has 4 rings (SSSR count). The van der Waals surface area contributed by atoms with Gasteiger partial charge in [0.1, 0.15) is 17.6 Å². The second-order valence-corrected chi connectivity index (χ2v) is 15.4. The molecular formula is C31H45BN2O8S. The van der Waals surface area contributed by atoms with Crippen LogP contribution >= 0.6 is 0 Å². The fourth-order valence-corrected chi connectivity index (χ4v) is 8.16. The number of ketones is 1. The van der Waals surface area contributed by atoms with Crippen LogP contribution in [0.1, 0.15) is 78.7 Å². The number of nitrogens with zero attached hydrogens (tertiary/aromatic N) is 2. The molecule has 2 fully saturated rings. The van der Waals surface area contributed by atoms with Crippen LogP contribution in [0.25, 0.3) is 0 Å². The third kappa shape index (κ3) is 6.42. The molecule has 1 aromatic carbocycles. The summed E-state index contributed by atoms with van der Waals surface area (Å²) in [5, 5.41) is 26.1. The van der Waals surface area contributed by atoms with Crippen molar-refractivity contribution in [1.29, 1.82) is 0 Å². The number of esters is 1. The van der Waals surface area contributed by atoms with Crippen LogP contribution in [0.3, 0.4) is 0 Å². The highest BCUT2D eigenvalue weighted by molar-refractivity contribution is 7.89. The van der Waals surface area contributed by atoms with Crippen LogP contribution in [-0.2, 0) is 24.3 Å². The molecule has 1 aromatic rings. The Kier molecular flexibility index (Phi) is 9.27. The van der Waals surface area contributed by atoms with Gasteiger partial charge in [0, 0.05) is 17.3 Å². The zero-order chi connectivity index (χ0) is 32.0. The molecule has 7 atom stereocenters. The maximum atomic E-state index is 13.3. The predicted molar refractivity (Wildman–Crippen MR) is 165 cm³/mol. The Bertz CT molecular complexity index is 1400. The molecule has 1 aliphatic heterocycles. The number of aliphatic hydroxyl groups excluding tert-OH is 1. The number of fused-ring (bicyclic) bond motifs is 3. The van der Waals surface area contributed by atoms with Crippen LogP contribution < -0.4 is 10.2 Å². The van der Waals surface area contributed by atoms with Crippen LogP contribution in [0.4, 0.5) is 0 Å². The summed E-state index contributed by atoms with van der Waals surface area (Å²) < 4.78 is 36.5. The second-order valence-electron chi connectivity index (χ2n) is 13.5. The van der Waals surface area contributed by atoms with Gasteiger partial charge in [-0.1, -0.05) is 39.8 Å². The highest BCUT2D eigenvalue weighted by Crippen LogP contribution is 2.62. The first-order valence-electron chi connectivity index (χ1n) is 14.9. The second kappa shape index (κ2) is 12.0. The zero-order valence-electron chi connectivity index (χ0n) is 26.1. The van der Waals surface area contributed by atoms with E-state index in [0.29, 0.717) is 29.2 Å².